The monoisotopic (exact) mass is 603 g/mol. The van der Waals surface area contributed by atoms with Crippen molar-refractivity contribution in [2.24, 2.45) is 0 Å². The smallest absolute Gasteiger partial charge is 0.190 e. The van der Waals surface area contributed by atoms with E-state index in [-0.39, 0.29) is 45.6 Å². The number of carbonyl (C=O) groups is 1. The molecule has 4 N–H and O–H groups in total. The number of hydrogen-bond donors (Lipinski definition) is 4. The standard InChI is InChI=1S/C36H29NO8/c1-15-10-21-20(8-7-19-6-4-5-9-37-19)34(43)28-22(41)11-17(13-38)25-26-18(14-39)12-23(42)29-31(26)32(27(21)30(25)28)33(24(15)16(2)40)36(45-3)35(29)44/h4-6,9-12,24,38-39,43-44H,7-8,13-14H2,1-3H3. The van der Waals surface area contributed by atoms with Gasteiger partial charge in [0.25, 0.3) is 0 Å². The van der Waals surface area contributed by atoms with Gasteiger partial charge in [-0.15, -0.1) is 0 Å². The predicted molar refractivity (Wildman–Crippen MR) is 172 cm³/mol. The molecule has 0 aliphatic heterocycles. The van der Waals surface area contributed by atoms with Crippen molar-refractivity contribution in [1.29, 1.82) is 0 Å². The Labute approximate surface area is 256 Å². The Morgan fingerprint density at radius 2 is 1.47 bits per heavy atom. The predicted octanol–water partition coefficient (Wildman–Crippen LogP) is 4.57. The third-order valence-corrected chi connectivity index (χ3v) is 9.25. The Hall–Kier alpha value is -5.12. The maximum Gasteiger partial charge on any atom is 0.190 e. The quantitative estimate of drug-likeness (QED) is 0.152. The summed E-state index contributed by atoms with van der Waals surface area (Å²) in [5, 5.41) is 46.8. The van der Waals surface area contributed by atoms with Gasteiger partial charge in [-0.05, 0) is 89.2 Å². The number of aliphatic hydroxyl groups excluding tert-OH is 2. The Morgan fingerprint density at radius 1 is 0.844 bits per heavy atom. The van der Waals surface area contributed by atoms with Crippen LogP contribution in [0.2, 0.25) is 0 Å². The van der Waals surface area contributed by atoms with Crippen molar-refractivity contribution >= 4 is 54.9 Å². The van der Waals surface area contributed by atoms with E-state index in [0.29, 0.717) is 61.0 Å². The Kier molecular flexibility index (Phi) is 6.50. The molecule has 9 heteroatoms. The van der Waals surface area contributed by atoms with E-state index in [4.69, 9.17) is 4.74 Å². The fraction of sp³-hybridized carbons (Fsp3) is 0.222. The number of fused-ring (bicyclic) bond motifs is 1. The lowest BCUT2D eigenvalue weighted by atomic mass is 9.79. The minimum atomic E-state index is -0.909. The van der Waals surface area contributed by atoms with Crippen molar-refractivity contribution < 1.29 is 30.0 Å². The highest BCUT2D eigenvalue weighted by Crippen LogP contribution is 2.56. The van der Waals surface area contributed by atoms with Crippen molar-refractivity contribution in [3.05, 3.63) is 96.1 Å². The average molecular weight is 604 g/mol. The van der Waals surface area contributed by atoms with Crippen LogP contribution in [0.15, 0.2) is 51.7 Å². The number of hydrogen-bond acceptors (Lipinski definition) is 9. The molecule has 45 heavy (non-hydrogen) atoms. The molecule has 1 aromatic heterocycles. The number of ether oxygens (including phenoxy) is 1. The first-order valence-corrected chi connectivity index (χ1v) is 14.6. The third kappa shape index (κ3) is 3.81. The van der Waals surface area contributed by atoms with Gasteiger partial charge in [-0.2, -0.15) is 0 Å². The first-order chi connectivity index (χ1) is 21.6. The van der Waals surface area contributed by atoms with Crippen LogP contribution >= 0.6 is 0 Å². The number of rotatable bonds is 7. The lowest BCUT2D eigenvalue weighted by Gasteiger charge is -2.25. The molecular formula is C36H29NO8. The molecule has 7 rings (SSSR count). The summed E-state index contributed by atoms with van der Waals surface area (Å²) in [7, 11) is 1.35. The van der Waals surface area contributed by atoms with E-state index >= 15 is 0 Å². The minimum absolute atomic E-state index is 0.0242. The molecule has 6 aromatic rings. The zero-order valence-electron chi connectivity index (χ0n) is 24.8. The molecule has 5 aromatic carbocycles. The van der Waals surface area contributed by atoms with Crippen LogP contribution in [0.3, 0.4) is 0 Å². The number of aromatic hydroxyl groups is 2. The van der Waals surface area contributed by atoms with Gasteiger partial charge in [0.15, 0.2) is 22.4 Å². The highest BCUT2D eigenvalue weighted by Gasteiger charge is 2.36. The molecule has 0 saturated heterocycles. The summed E-state index contributed by atoms with van der Waals surface area (Å²) in [6, 6.07) is 8.02. The normalized spacial score (nSPS) is 14.6. The van der Waals surface area contributed by atoms with Crippen LogP contribution in [0.25, 0.3) is 49.2 Å². The molecule has 0 saturated carbocycles. The second-order valence-electron chi connectivity index (χ2n) is 11.7. The molecule has 1 heterocycles. The Morgan fingerprint density at radius 3 is 2.02 bits per heavy atom. The number of phenolic OH excluding ortho intramolecular Hbond substituents is 2. The first-order valence-electron chi connectivity index (χ1n) is 14.6. The van der Waals surface area contributed by atoms with Crippen LogP contribution in [-0.2, 0) is 30.8 Å². The van der Waals surface area contributed by atoms with Gasteiger partial charge in [-0.25, -0.2) is 0 Å². The average Bonchev–Trinajstić information content (AvgIpc) is 3.15. The third-order valence-electron chi connectivity index (χ3n) is 9.25. The number of nitrogens with zero attached hydrogens (tertiary/aromatic N) is 1. The summed E-state index contributed by atoms with van der Waals surface area (Å²) in [6.45, 7) is 2.11. The topological polar surface area (TPSA) is 154 Å². The number of methoxy groups -OCH3 is 1. The molecular weight excluding hydrogens is 574 g/mol. The van der Waals surface area contributed by atoms with Gasteiger partial charge in [-0.3, -0.25) is 19.4 Å². The number of aliphatic hydroxyl groups is 2. The summed E-state index contributed by atoms with van der Waals surface area (Å²) in [4.78, 5) is 45.3. The van der Waals surface area contributed by atoms with Gasteiger partial charge in [0.1, 0.15) is 11.5 Å². The van der Waals surface area contributed by atoms with Crippen molar-refractivity contribution in [1.82, 2.24) is 4.98 Å². The Bertz CT molecular complexity index is 2380. The molecule has 1 atom stereocenters. The Balaban J connectivity index is 1.86. The molecule has 0 fully saturated rings. The SMILES string of the molecule is COc1c(O)c2c(=O)cc(CO)c3c4c(CO)cc(=O)c5c(O)c(CCc6ccccn6)c6c(c(c1C(C(C)=O)C(C)=C6)c23)c54. The van der Waals surface area contributed by atoms with E-state index in [1.807, 2.05) is 18.2 Å². The second-order valence-corrected chi connectivity index (χ2v) is 11.7. The molecule has 1 aliphatic rings. The second kappa shape index (κ2) is 10.2. The summed E-state index contributed by atoms with van der Waals surface area (Å²) in [5.41, 5.74) is 2.09. The number of phenols is 2. The molecule has 0 radical (unpaired) electrons. The van der Waals surface area contributed by atoms with E-state index in [0.717, 1.165) is 5.69 Å². The lowest BCUT2D eigenvalue weighted by molar-refractivity contribution is -0.117. The highest BCUT2D eigenvalue weighted by molar-refractivity contribution is 6.38. The van der Waals surface area contributed by atoms with Crippen molar-refractivity contribution in [3.8, 4) is 17.2 Å². The zero-order chi connectivity index (χ0) is 31.9. The van der Waals surface area contributed by atoms with Gasteiger partial charge < -0.3 is 25.2 Å². The van der Waals surface area contributed by atoms with Crippen molar-refractivity contribution in [2.45, 2.75) is 45.8 Å². The van der Waals surface area contributed by atoms with Crippen LogP contribution in [0.1, 0.15) is 53.3 Å². The zero-order valence-corrected chi connectivity index (χ0v) is 24.8. The van der Waals surface area contributed by atoms with Crippen LogP contribution in [0, 0.1) is 0 Å². The number of carbonyl (C=O) groups excluding carboxylic acids is 1. The maximum atomic E-state index is 13.8. The molecule has 1 aliphatic carbocycles. The number of aromatic nitrogens is 1. The molecule has 0 spiro atoms. The lowest BCUT2D eigenvalue weighted by Crippen LogP contribution is -2.14. The van der Waals surface area contributed by atoms with Gasteiger partial charge in [0.05, 0.1) is 37.0 Å². The minimum Gasteiger partial charge on any atom is -0.507 e. The first kappa shape index (κ1) is 28.6. The fourth-order valence-corrected chi connectivity index (χ4v) is 7.54. The summed E-state index contributed by atoms with van der Waals surface area (Å²) in [6.07, 6.45) is 4.21. The number of benzene rings is 5. The number of Topliss-reactive ketones (excluding diaryl/α,β-unsaturated/α-hetero) is 1. The number of pyridine rings is 1. The van der Waals surface area contributed by atoms with E-state index in [2.05, 4.69) is 4.98 Å². The van der Waals surface area contributed by atoms with Gasteiger partial charge in [0, 0.05) is 33.8 Å². The van der Waals surface area contributed by atoms with Crippen molar-refractivity contribution in [3.63, 3.8) is 0 Å². The highest BCUT2D eigenvalue weighted by atomic mass is 16.5. The van der Waals surface area contributed by atoms with Crippen LogP contribution < -0.4 is 15.6 Å². The molecule has 9 nitrogen and oxygen atoms in total. The van der Waals surface area contributed by atoms with E-state index in [1.165, 1.54) is 26.2 Å². The van der Waals surface area contributed by atoms with E-state index in [9.17, 15) is 34.8 Å². The number of allylic oxidation sites excluding steroid dienone is 1. The fourth-order valence-electron chi connectivity index (χ4n) is 7.54. The summed E-state index contributed by atoms with van der Waals surface area (Å²) < 4.78 is 5.74. The van der Waals surface area contributed by atoms with E-state index in [1.54, 1.807) is 19.2 Å². The number of aryl methyl sites for hydroxylation is 1. The van der Waals surface area contributed by atoms with Gasteiger partial charge in [0.2, 0.25) is 0 Å². The van der Waals surface area contributed by atoms with Crippen LogP contribution in [0.5, 0.6) is 17.2 Å². The van der Waals surface area contributed by atoms with Crippen LogP contribution in [0.4, 0.5) is 0 Å². The van der Waals surface area contributed by atoms with Gasteiger partial charge in [-0.1, -0.05) is 17.7 Å². The summed E-state index contributed by atoms with van der Waals surface area (Å²) >= 11 is 0. The maximum absolute atomic E-state index is 13.8. The molecule has 1 unspecified atom stereocenters. The van der Waals surface area contributed by atoms with Crippen LogP contribution in [-0.4, -0.2) is 38.3 Å². The number of ketones is 1. The summed E-state index contributed by atoms with van der Waals surface area (Å²) in [5.74, 6) is -1.86. The molecule has 0 bridgehead atoms. The molecule has 226 valence electrons. The molecule has 0 amide bonds. The van der Waals surface area contributed by atoms with Gasteiger partial charge >= 0.3 is 0 Å². The van der Waals surface area contributed by atoms with Crippen molar-refractivity contribution in [2.75, 3.05) is 7.11 Å². The largest absolute Gasteiger partial charge is 0.507 e. The van der Waals surface area contributed by atoms with E-state index < -0.39 is 35.7 Å².